The maximum Gasteiger partial charge on any atom is 0.329 e. The molecule has 66 heavy (non-hydrogen) atoms. The molecule has 3 aliphatic heterocycles. The third kappa shape index (κ3) is 14.3. The highest BCUT2D eigenvalue weighted by Crippen LogP contribution is 2.37. The van der Waals surface area contributed by atoms with Crippen LogP contribution in [0, 0.1) is 29.6 Å². The van der Waals surface area contributed by atoms with Crippen LogP contribution in [-0.2, 0) is 52.4 Å². The average Bonchev–Trinajstić information content (AvgIpc) is 3.30. The van der Waals surface area contributed by atoms with Gasteiger partial charge < -0.3 is 49.3 Å². The first-order valence-corrected chi connectivity index (χ1v) is 24.1. The van der Waals surface area contributed by atoms with Crippen LogP contribution < -0.4 is 5.73 Å². The van der Waals surface area contributed by atoms with Crippen molar-refractivity contribution in [3.05, 3.63) is 47.6 Å². The largest absolute Gasteiger partial charge is 0.459 e. The van der Waals surface area contributed by atoms with E-state index in [-0.39, 0.29) is 55.0 Å². The number of methoxy groups -OCH3 is 4. The number of cyclic esters (lactones) is 1. The molecule has 15 atom stereocenters. The van der Waals surface area contributed by atoms with Crippen molar-refractivity contribution in [1.82, 2.24) is 4.90 Å². The summed E-state index contributed by atoms with van der Waals surface area (Å²) in [5.74, 6) is -7.89. The lowest BCUT2D eigenvalue weighted by molar-refractivity contribution is -0.265. The molecule has 3 heterocycles. The van der Waals surface area contributed by atoms with Crippen molar-refractivity contribution in [3.63, 3.8) is 0 Å². The minimum atomic E-state index is -2.44. The van der Waals surface area contributed by atoms with E-state index in [2.05, 4.69) is 0 Å². The molecule has 4 aliphatic rings. The number of hydrogen-bond donors (Lipinski definition) is 3. The number of nitrogens with zero attached hydrogens (tertiary/aromatic N) is 1. The molecule has 4 N–H and O–H groups in total. The minimum Gasteiger partial charge on any atom is -0.459 e. The zero-order chi connectivity index (χ0) is 48.9. The molecule has 0 aromatic heterocycles. The topological polar surface area (TPSA) is 210 Å². The van der Waals surface area contributed by atoms with Crippen LogP contribution in [0.2, 0.25) is 0 Å². The summed E-state index contributed by atoms with van der Waals surface area (Å²) in [6.45, 7) is 10.8. The Labute approximate surface area is 392 Å². The van der Waals surface area contributed by atoms with E-state index in [0.717, 1.165) is 18.4 Å². The molecule has 372 valence electrons. The number of rotatable bonds is 7. The van der Waals surface area contributed by atoms with E-state index < -0.39 is 83.8 Å². The summed E-state index contributed by atoms with van der Waals surface area (Å²) in [6.07, 6.45) is 11.6. The summed E-state index contributed by atoms with van der Waals surface area (Å²) in [4.78, 5) is 71.8. The number of aliphatic hydroxyl groups excluding tert-OH is 1. The maximum absolute atomic E-state index is 14.4. The number of ketones is 3. The van der Waals surface area contributed by atoms with Gasteiger partial charge in [-0.2, -0.15) is 0 Å². The van der Waals surface area contributed by atoms with Gasteiger partial charge in [0.2, 0.25) is 5.79 Å². The molecular formula is C51H80N2O13. The first-order chi connectivity index (χ1) is 31.3. The highest BCUT2D eigenvalue weighted by atomic mass is 16.6. The van der Waals surface area contributed by atoms with Gasteiger partial charge in [0.05, 0.1) is 24.4 Å². The second-order valence-corrected chi connectivity index (χ2v) is 19.5. The lowest BCUT2D eigenvalue weighted by Crippen LogP contribution is -2.61. The lowest BCUT2D eigenvalue weighted by Gasteiger charge is -2.42. The van der Waals surface area contributed by atoms with Gasteiger partial charge in [-0.1, -0.05) is 64.2 Å². The van der Waals surface area contributed by atoms with E-state index in [1.165, 1.54) is 12.0 Å². The molecule has 15 nitrogen and oxygen atoms in total. The SMILES string of the molecule is CO[C@H]1C[C@@H]2CC[C@@H](C)[C@@](O)(O2)C(=O)C(=O)N2CCCC[C@H]2C(=O)O[C@H]([C@H](N)C[C@@H]2CC[C@@H](OC)[C@H](OC)C2)CC(=O)[C@H](C)/C=C(\C)[C@@H](O)[C@@H](OC)C(=O)[C@H](C)C[C@H](C)/C=C/C=C/C=C/1C. The number of piperidine rings is 1. The van der Waals surface area contributed by atoms with Gasteiger partial charge in [-0.05, 0) is 101 Å². The highest BCUT2D eigenvalue weighted by Gasteiger charge is 2.53. The second-order valence-electron chi connectivity index (χ2n) is 19.5. The van der Waals surface area contributed by atoms with Crippen LogP contribution in [0.3, 0.4) is 0 Å². The number of ether oxygens (including phenoxy) is 6. The van der Waals surface area contributed by atoms with Crippen molar-refractivity contribution in [1.29, 1.82) is 0 Å². The molecule has 1 aliphatic carbocycles. The Morgan fingerprint density at radius 2 is 1.55 bits per heavy atom. The van der Waals surface area contributed by atoms with Crippen LogP contribution in [0.4, 0.5) is 0 Å². The van der Waals surface area contributed by atoms with Gasteiger partial charge in [0.1, 0.15) is 30.1 Å². The van der Waals surface area contributed by atoms with Crippen molar-refractivity contribution in [2.45, 2.75) is 179 Å². The molecule has 1 amide bonds. The molecule has 3 fully saturated rings. The fraction of sp³-hybridized carbons (Fsp3) is 0.745. The molecule has 0 unspecified atom stereocenters. The third-order valence-corrected chi connectivity index (χ3v) is 14.5. The van der Waals surface area contributed by atoms with Gasteiger partial charge >= 0.3 is 5.97 Å². The van der Waals surface area contributed by atoms with Crippen LogP contribution in [-0.4, -0.2) is 140 Å². The molecule has 4 rings (SSSR count). The molecule has 0 radical (unpaired) electrons. The Morgan fingerprint density at radius 1 is 0.833 bits per heavy atom. The quantitative estimate of drug-likeness (QED) is 0.163. The van der Waals surface area contributed by atoms with Crippen molar-refractivity contribution >= 4 is 29.2 Å². The van der Waals surface area contributed by atoms with E-state index in [0.29, 0.717) is 56.9 Å². The number of esters is 1. The Bertz CT molecular complexity index is 1780. The maximum atomic E-state index is 14.4. The van der Waals surface area contributed by atoms with Gasteiger partial charge in [0.25, 0.3) is 11.7 Å². The van der Waals surface area contributed by atoms with Crippen LogP contribution in [0.5, 0.6) is 0 Å². The zero-order valence-corrected chi connectivity index (χ0v) is 41.1. The summed E-state index contributed by atoms with van der Waals surface area (Å²) < 4.78 is 35.1. The Kier molecular flexibility index (Phi) is 21.6. The normalized spacial score (nSPS) is 40.0. The molecule has 15 heteroatoms. The van der Waals surface area contributed by atoms with Gasteiger partial charge in [-0.25, -0.2) is 4.79 Å². The Balaban J connectivity index is 1.70. The van der Waals surface area contributed by atoms with Crippen LogP contribution in [0.15, 0.2) is 47.6 Å². The summed E-state index contributed by atoms with van der Waals surface area (Å²) in [7, 11) is 6.23. The van der Waals surface area contributed by atoms with Crippen molar-refractivity contribution in [2.75, 3.05) is 35.0 Å². The van der Waals surface area contributed by atoms with Gasteiger partial charge in [-0.15, -0.1) is 0 Å². The van der Waals surface area contributed by atoms with Gasteiger partial charge in [-0.3, -0.25) is 19.2 Å². The molecule has 0 aromatic carbocycles. The van der Waals surface area contributed by atoms with Crippen LogP contribution in [0.1, 0.15) is 119 Å². The summed E-state index contributed by atoms with van der Waals surface area (Å²) in [6, 6.07) is -1.98. The first-order valence-electron chi connectivity index (χ1n) is 24.1. The fourth-order valence-corrected chi connectivity index (χ4v) is 10.1. The summed E-state index contributed by atoms with van der Waals surface area (Å²) in [5.41, 5.74) is 8.14. The van der Waals surface area contributed by atoms with Gasteiger partial charge in [0, 0.05) is 71.6 Å². The van der Waals surface area contributed by atoms with Gasteiger partial charge in [0.15, 0.2) is 5.78 Å². The molecule has 1 saturated carbocycles. The van der Waals surface area contributed by atoms with Crippen molar-refractivity contribution in [2.24, 2.45) is 35.3 Å². The number of carbonyl (C=O) groups is 5. The number of Topliss-reactive ketones (excluding diaryl/α,β-unsaturated/α-hetero) is 3. The Hall–Kier alpha value is -3.41. The first kappa shape index (κ1) is 55.2. The predicted octanol–water partition coefficient (Wildman–Crippen LogP) is 5.53. The molecular weight excluding hydrogens is 849 g/mol. The van der Waals surface area contributed by atoms with E-state index in [1.54, 1.807) is 48.2 Å². The number of amides is 1. The Morgan fingerprint density at radius 3 is 2.21 bits per heavy atom. The minimum absolute atomic E-state index is 0.0144. The van der Waals surface area contributed by atoms with E-state index >= 15 is 0 Å². The second kappa shape index (κ2) is 25.8. The zero-order valence-electron chi connectivity index (χ0n) is 41.1. The van der Waals surface area contributed by atoms with Crippen molar-refractivity contribution < 1.29 is 62.6 Å². The fourth-order valence-electron chi connectivity index (χ4n) is 10.1. The predicted molar refractivity (Wildman–Crippen MR) is 249 cm³/mol. The third-order valence-electron chi connectivity index (χ3n) is 14.5. The number of allylic oxidation sites excluding steroid dienone is 6. The number of hydrogen-bond acceptors (Lipinski definition) is 14. The van der Waals surface area contributed by atoms with Crippen LogP contribution >= 0.6 is 0 Å². The summed E-state index contributed by atoms with van der Waals surface area (Å²) in [5, 5.41) is 23.4. The van der Waals surface area contributed by atoms with Crippen molar-refractivity contribution in [3.8, 4) is 0 Å². The lowest BCUT2D eigenvalue weighted by atomic mass is 9.80. The standard InChI is InChI=1S/C51H80N2O13/c1-30-16-12-11-13-17-31(2)42(62-8)28-37-21-19-35(6)51(60,66-37)48(57)49(58)53-23-15-14-18-39(53)50(59)65-43(38(52)26-36-20-22-41(61-7)44(27-36)63-9)29-40(54)32(3)25-34(5)46(56)47(64-10)45(55)33(4)24-30/h11-13,16-17,25,30,32-33,35-39,41-44,46-47,56,60H,14-15,18-24,26-29,52H2,1-10H3/b13-11+,16-12+,31-17+,34-25+/t30-,32-,33-,35-,36+,37+,38-,39+,41-,42+,43+,44-,46-,47+,51-/m1/s1. The monoisotopic (exact) mass is 929 g/mol. The van der Waals surface area contributed by atoms with E-state index in [9.17, 15) is 34.2 Å². The van der Waals surface area contributed by atoms with E-state index in [4.69, 9.17) is 34.2 Å². The smallest absolute Gasteiger partial charge is 0.329 e. The number of carbonyl (C=O) groups excluding carboxylic acids is 5. The van der Waals surface area contributed by atoms with E-state index in [1.807, 2.05) is 51.2 Å². The molecule has 0 spiro atoms. The summed E-state index contributed by atoms with van der Waals surface area (Å²) >= 11 is 0. The number of aliphatic hydroxyl groups is 2. The highest BCUT2D eigenvalue weighted by molar-refractivity contribution is 6.39. The van der Waals surface area contributed by atoms with Crippen LogP contribution in [0.25, 0.3) is 0 Å². The molecule has 0 aromatic rings. The molecule has 2 bridgehead atoms. The number of nitrogens with two attached hydrogens (primary N) is 1. The molecule has 2 saturated heterocycles. The number of fused-ring (bicyclic) bond motifs is 3. The average molecular weight is 929 g/mol.